The Bertz CT molecular complexity index is 563. The smallest absolute Gasteiger partial charge is 0.307 e. The van der Waals surface area contributed by atoms with E-state index in [4.69, 9.17) is 5.11 Å². The molecule has 23 heavy (non-hydrogen) atoms. The summed E-state index contributed by atoms with van der Waals surface area (Å²) in [6.45, 7) is 3.71. The molecule has 1 unspecified atom stereocenters. The van der Waals surface area contributed by atoms with Gasteiger partial charge in [-0.2, -0.15) is 0 Å². The Morgan fingerprint density at radius 2 is 2.17 bits per heavy atom. The van der Waals surface area contributed by atoms with Crippen LogP contribution in [-0.4, -0.2) is 53.0 Å². The second-order valence-corrected chi connectivity index (χ2v) is 7.16. The van der Waals surface area contributed by atoms with Crippen LogP contribution in [0.2, 0.25) is 0 Å². The molecule has 2 aliphatic rings. The van der Waals surface area contributed by atoms with E-state index >= 15 is 0 Å². The molecule has 0 spiro atoms. The molecule has 1 aromatic heterocycles. The van der Waals surface area contributed by atoms with Crippen LogP contribution in [0.1, 0.15) is 29.7 Å². The molecule has 3 heterocycles. The number of hydrogen-bond acceptors (Lipinski definition) is 4. The Morgan fingerprint density at radius 3 is 2.96 bits per heavy atom. The van der Waals surface area contributed by atoms with Gasteiger partial charge < -0.3 is 14.9 Å². The van der Waals surface area contributed by atoms with Gasteiger partial charge in [0.25, 0.3) is 0 Å². The second kappa shape index (κ2) is 8.13. The van der Waals surface area contributed by atoms with E-state index in [0.717, 1.165) is 38.9 Å². The van der Waals surface area contributed by atoms with E-state index in [1.807, 2.05) is 4.90 Å². The number of aliphatic carboxylic acids is 1. The van der Waals surface area contributed by atoms with Crippen LogP contribution in [0, 0.1) is 5.92 Å². The van der Waals surface area contributed by atoms with Crippen molar-refractivity contribution in [3.8, 4) is 0 Å². The summed E-state index contributed by atoms with van der Waals surface area (Å²) in [6.07, 6.45) is 3.12. The predicted molar refractivity (Wildman–Crippen MR) is 92.1 cm³/mol. The molecule has 1 amide bonds. The SMILES string of the molecule is Cl.O=C(O)C1CCCN(CCC(=O)N2CCc3sccc3C2)C1. The van der Waals surface area contributed by atoms with Gasteiger partial charge in [0.05, 0.1) is 5.92 Å². The summed E-state index contributed by atoms with van der Waals surface area (Å²) in [4.78, 5) is 28.9. The third kappa shape index (κ3) is 4.46. The number of fused-ring (bicyclic) bond motifs is 1. The maximum absolute atomic E-state index is 12.4. The lowest BCUT2D eigenvalue weighted by Crippen LogP contribution is -2.42. The zero-order valence-corrected chi connectivity index (χ0v) is 14.7. The number of carboxylic acid groups (broad SMARTS) is 1. The van der Waals surface area contributed by atoms with Crippen LogP contribution in [0.3, 0.4) is 0 Å². The Labute approximate surface area is 146 Å². The summed E-state index contributed by atoms with van der Waals surface area (Å²) in [5.41, 5.74) is 1.29. The van der Waals surface area contributed by atoms with Crippen molar-refractivity contribution < 1.29 is 14.7 Å². The third-order valence-corrected chi connectivity index (χ3v) is 5.68. The van der Waals surface area contributed by atoms with E-state index in [9.17, 15) is 9.59 Å². The van der Waals surface area contributed by atoms with Gasteiger partial charge in [-0.3, -0.25) is 9.59 Å². The Morgan fingerprint density at radius 1 is 1.35 bits per heavy atom. The molecular weight excluding hydrogens is 336 g/mol. The number of piperidine rings is 1. The van der Waals surface area contributed by atoms with Gasteiger partial charge in [-0.05, 0) is 42.8 Å². The van der Waals surface area contributed by atoms with Crippen LogP contribution < -0.4 is 0 Å². The highest BCUT2D eigenvalue weighted by Gasteiger charge is 2.26. The standard InChI is InChI=1S/C16H22N2O3S.ClH/c19-15(18-8-3-14-12(11-18)5-9-22-14)4-7-17-6-1-2-13(10-17)16(20)21;/h5,9,13H,1-4,6-8,10-11H2,(H,20,21);1H. The molecular formula is C16H23ClN2O3S. The summed E-state index contributed by atoms with van der Waals surface area (Å²) in [5.74, 6) is -0.793. The monoisotopic (exact) mass is 358 g/mol. The first-order valence-electron chi connectivity index (χ1n) is 7.91. The predicted octanol–water partition coefficient (Wildman–Crippen LogP) is 2.24. The number of likely N-dealkylation sites (tertiary alicyclic amines) is 1. The van der Waals surface area contributed by atoms with Gasteiger partial charge >= 0.3 is 5.97 Å². The molecule has 0 radical (unpaired) electrons. The number of halogens is 1. The van der Waals surface area contributed by atoms with Crippen LogP contribution in [0.25, 0.3) is 0 Å². The molecule has 1 atom stereocenters. The fourth-order valence-electron chi connectivity index (χ4n) is 3.33. The average molecular weight is 359 g/mol. The Hall–Kier alpha value is -1.11. The zero-order chi connectivity index (χ0) is 15.5. The first-order valence-corrected chi connectivity index (χ1v) is 8.79. The largest absolute Gasteiger partial charge is 0.481 e. The molecule has 7 heteroatoms. The van der Waals surface area contributed by atoms with E-state index in [1.54, 1.807) is 11.3 Å². The number of nitrogens with zero attached hydrogens (tertiary/aromatic N) is 2. The highest BCUT2D eigenvalue weighted by atomic mass is 35.5. The average Bonchev–Trinajstić information content (AvgIpc) is 3.00. The third-order valence-electron chi connectivity index (χ3n) is 4.66. The molecule has 2 aliphatic heterocycles. The number of thiophene rings is 1. The lowest BCUT2D eigenvalue weighted by Gasteiger charge is -2.32. The van der Waals surface area contributed by atoms with E-state index in [-0.39, 0.29) is 24.2 Å². The molecule has 0 aliphatic carbocycles. The van der Waals surface area contributed by atoms with Gasteiger partial charge in [-0.15, -0.1) is 23.7 Å². The molecule has 1 N–H and O–H groups in total. The molecule has 5 nitrogen and oxygen atoms in total. The fourth-order valence-corrected chi connectivity index (χ4v) is 4.22. The van der Waals surface area contributed by atoms with Gasteiger partial charge in [-0.25, -0.2) is 0 Å². The lowest BCUT2D eigenvalue weighted by atomic mass is 9.98. The second-order valence-electron chi connectivity index (χ2n) is 6.16. The van der Waals surface area contributed by atoms with E-state index in [1.165, 1.54) is 10.4 Å². The molecule has 128 valence electrons. The minimum absolute atomic E-state index is 0. The molecule has 0 aromatic carbocycles. The quantitative estimate of drug-likeness (QED) is 0.896. The normalized spacial score (nSPS) is 21.4. The van der Waals surface area contributed by atoms with Crippen molar-refractivity contribution in [2.24, 2.45) is 5.92 Å². The maximum Gasteiger partial charge on any atom is 0.307 e. The van der Waals surface area contributed by atoms with Gasteiger partial charge in [0, 0.05) is 37.5 Å². The molecule has 1 saturated heterocycles. The number of amides is 1. The number of hydrogen-bond donors (Lipinski definition) is 1. The highest BCUT2D eigenvalue weighted by Crippen LogP contribution is 2.24. The first-order chi connectivity index (χ1) is 10.6. The van der Waals surface area contributed by atoms with Crippen LogP contribution in [-0.2, 0) is 22.6 Å². The first kappa shape index (κ1) is 18.2. The van der Waals surface area contributed by atoms with Crippen LogP contribution >= 0.6 is 23.7 Å². The van der Waals surface area contributed by atoms with Crippen molar-refractivity contribution in [3.63, 3.8) is 0 Å². The van der Waals surface area contributed by atoms with E-state index in [2.05, 4.69) is 16.3 Å². The van der Waals surface area contributed by atoms with Crippen LogP contribution in [0.5, 0.6) is 0 Å². The van der Waals surface area contributed by atoms with Crippen molar-refractivity contribution in [1.82, 2.24) is 9.80 Å². The topological polar surface area (TPSA) is 60.9 Å². The summed E-state index contributed by atoms with van der Waals surface area (Å²) in [6, 6.07) is 2.11. The number of rotatable bonds is 4. The van der Waals surface area contributed by atoms with Crippen molar-refractivity contribution in [3.05, 3.63) is 21.9 Å². The maximum atomic E-state index is 12.4. The van der Waals surface area contributed by atoms with E-state index < -0.39 is 5.97 Å². The van der Waals surface area contributed by atoms with Gasteiger partial charge in [0.1, 0.15) is 0 Å². The minimum atomic E-state index is -0.711. The van der Waals surface area contributed by atoms with Gasteiger partial charge in [0.15, 0.2) is 0 Å². The Kier molecular flexibility index (Phi) is 6.44. The summed E-state index contributed by atoms with van der Waals surface area (Å²) in [7, 11) is 0. The molecule has 3 rings (SSSR count). The van der Waals surface area contributed by atoms with Crippen molar-refractivity contribution in [2.45, 2.75) is 32.2 Å². The van der Waals surface area contributed by atoms with Crippen molar-refractivity contribution in [2.75, 3.05) is 26.2 Å². The van der Waals surface area contributed by atoms with Gasteiger partial charge in [-0.1, -0.05) is 0 Å². The van der Waals surface area contributed by atoms with Gasteiger partial charge in [0.2, 0.25) is 5.91 Å². The number of carboxylic acids is 1. The molecule has 1 aromatic rings. The van der Waals surface area contributed by atoms with E-state index in [0.29, 0.717) is 19.5 Å². The highest BCUT2D eigenvalue weighted by molar-refractivity contribution is 7.10. The number of carbonyl (C=O) groups excluding carboxylic acids is 1. The summed E-state index contributed by atoms with van der Waals surface area (Å²) >= 11 is 1.78. The zero-order valence-electron chi connectivity index (χ0n) is 13.1. The van der Waals surface area contributed by atoms with Crippen molar-refractivity contribution >= 4 is 35.6 Å². The van der Waals surface area contributed by atoms with Crippen LogP contribution in [0.15, 0.2) is 11.4 Å². The summed E-state index contributed by atoms with van der Waals surface area (Å²) < 4.78 is 0. The molecule has 0 saturated carbocycles. The number of carbonyl (C=O) groups is 2. The van der Waals surface area contributed by atoms with Crippen molar-refractivity contribution in [1.29, 1.82) is 0 Å². The minimum Gasteiger partial charge on any atom is -0.481 e. The molecule has 0 bridgehead atoms. The van der Waals surface area contributed by atoms with Crippen LogP contribution in [0.4, 0.5) is 0 Å². The Balaban J connectivity index is 0.00000192. The molecule has 1 fully saturated rings. The lowest BCUT2D eigenvalue weighted by molar-refractivity contribution is -0.143. The fraction of sp³-hybridized carbons (Fsp3) is 0.625. The summed E-state index contributed by atoms with van der Waals surface area (Å²) in [5, 5.41) is 11.2.